The molecule has 0 saturated carbocycles. The smallest absolute Gasteiger partial charge is 0.328 e. The lowest BCUT2D eigenvalue weighted by Crippen LogP contribution is -2.43. The van der Waals surface area contributed by atoms with Crippen LogP contribution in [-0.4, -0.2) is 34.5 Å². The number of ether oxygens (including phenoxy) is 1. The molecule has 1 aromatic heterocycles. The summed E-state index contributed by atoms with van der Waals surface area (Å²) in [6, 6.07) is 16.4. The fraction of sp³-hybridized carbons (Fsp3) is 0.148. The van der Waals surface area contributed by atoms with Gasteiger partial charge in [-0.1, -0.05) is 53.5 Å². The van der Waals surface area contributed by atoms with E-state index in [-0.39, 0.29) is 33.3 Å². The van der Waals surface area contributed by atoms with Crippen LogP contribution in [0.15, 0.2) is 71.5 Å². The van der Waals surface area contributed by atoms with Gasteiger partial charge < -0.3 is 14.6 Å². The Morgan fingerprint density at radius 3 is 2.32 bits per heavy atom. The SMILES string of the molecule is COC(=O)[C@H](Cc1ccc(-c2cc3cc([N+](=O)[O-])ccc3n(C)c2=O)cc1)NC(=O)c1c(Cl)cccc1Cl. The number of nitro groups is 1. The van der Waals surface area contributed by atoms with Crippen LogP contribution in [0.25, 0.3) is 22.0 Å². The second-order valence-corrected chi connectivity index (χ2v) is 9.28. The van der Waals surface area contributed by atoms with Crippen LogP contribution in [0.1, 0.15) is 15.9 Å². The molecule has 0 fully saturated rings. The number of esters is 1. The number of rotatable bonds is 7. The van der Waals surface area contributed by atoms with E-state index in [1.54, 1.807) is 49.5 Å². The normalized spacial score (nSPS) is 11.7. The number of nitrogens with zero attached hydrogens (tertiary/aromatic N) is 2. The number of hydrogen-bond acceptors (Lipinski definition) is 6. The maximum absolute atomic E-state index is 13.0. The fourth-order valence-corrected chi connectivity index (χ4v) is 4.70. The molecule has 0 radical (unpaired) electrons. The molecule has 0 aliphatic heterocycles. The molecule has 0 saturated heterocycles. The largest absolute Gasteiger partial charge is 0.467 e. The number of amides is 1. The molecule has 1 amide bonds. The predicted molar refractivity (Wildman–Crippen MR) is 145 cm³/mol. The highest BCUT2D eigenvalue weighted by atomic mass is 35.5. The minimum absolute atomic E-state index is 0.0486. The van der Waals surface area contributed by atoms with Gasteiger partial charge in [0.05, 0.1) is 33.2 Å². The highest BCUT2D eigenvalue weighted by Crippen LogP contribution is 2.26. The van der Waals surface area contributed by atoms with Crippen molar-refractivity contribution in [3.8, 4) is 11.1 Å². The summed E-state index contributed by atoms with van der Waals surface area (Å²) in [4.78, 5) is 49.0. The summed E-state index contributed by atoms with van der Waals surface area (Å²) in [6.45, 7) is 0. The van der Waals surface area contributed by atoms with Crippen molar-refractivity contribution in [2.24, 2.45) is 7.05 Å². The van der Waals surface area contributed by atoms with Crippen molar-refractivity contribution in [3.05, 3.63) is 108 Å². The number of non-ortho nitro benzene ring substituents is 1. The number of fused-ring (bicyclic) bond motifs is 1. The first-order valence-electron chi connectivity index (χ1n) is 11.3. The zero-order valence-corrected chi connectivity index (χ0v) is 21.7. The van der Waals surface area contributed by atoms with E-state index in [9.17, 15) is 24.5 Å². The lowest BCUT2D eigenvalue weighted by Gasteiger charge is -2.18. The number of hydrogen-bond donors (Lipinski definition) is 1. The van der Waals surface area contributed by atoms with E-state index in [1.807, 2.05) is 0 Å². The number of methoxy groups -OCH3 is 1. The van der Waals surface area contributed by atoms with Crippen molar-refractivity contribution in [3.63, 3.8) is 0 Å². The summed E-state index contributed by atoms with van der Waals surface area (Å²) in [5.41, 5.74) is 1.90. The molecule has 4 aromatic rings. The van der Waals surface area contributed by atoms with Gasteiger partial charge in [-0.2, -0.15) is 0 Å². The second-order valence-electron chi connectivity index (χ2n) is 8.47. The maximum Gasteiger partial charge on any atom is 0.328 e. The zero-order valence-electron chi connectivity index (χ0n) is 20.2. The number of aryl methyl sites for hydroxylation is 1. The lowest BCUT2D eigenvalue weighted by molar-refractivity contribution is -0.384. The molecule has 11 heteroatoms. The Balaban J connectivity index is 1.62. The number of benzene rings is 3. The van der Waals surface area contributed by atoms with E-state index >= 15 is 0 Å². The van der Waals surface area contributed by atoms with Crippen LogP contribution in [0, 0.1) is 10.1 Å². The minimum atomic E-state index is -1.03. The van der Waals surface area contributed by atoms with Crippen LogP contribution in [0.2, 0.25) is 10.0 Å². The number of carbonyl (C=O) groups is 2. The summed E-state index contributed by atoms with van der Waals surface area (Å²) in [7, 11) is 2.82. The molecule has 9 nitrogen and oxygen atoms in total. The molecule has 38 heavy (non-hydrogen) atoms. The van der Waals surface area contributed by atoms with Gasteiger partial charge in [-0.3, -0.25) is 19.7 Å². The Hall–Kier alpha value is -4.21. The van der Waals surface area contributed by atoms with Crippen molar-refractivity contribution in [1.82, 2.24) is 9.88 Å². The standard InChI is InChI=1S/C27H21Cl2N3O6/c1-31-23-11-10-18(32(36)37)13-17(23)14-19(26(31)34)16-8-6-15(7-9-16)12-22(27(35)38-2)30-25(33)24-20(28)4-3-5-21(24)29/h3-11,13-14,22H,12H2,1-2H3,(H,30,33)/t22-/m0/s1. The van der Waals surface area contributed by atoms with Crippen LogP contribution in [0.5, 0.6) is 0 Å². The van der Waals surface area contributed by atoms with E-state index < -0.39 is 22.8 Å². The summed E-state index contributed by atoms with van der Waals surface area (Å²) in [5.74, 6) is -1.28. The summed E-state index contributed by atoms with van der Waals surface area (Å²) < 4.78 is 6.29. The maximum atomic E-state index is 13.0. The molecule has 1 heterocycles. The number of nitro benzene ring substituents is 1. The average molecular weight is 554 g/mol. The molecular weight excluding hydrogens is 533 g/mol. The van der Waals surface area contributed by atoms with Gasteiger partial charge in [-0.15, -0.1) is 0 Å². The van der Waals surface area contributed by atoms with Crippen molar-refractivity contribution < 1.29 is 19.2 Å². The molecule has 0 unspecified atom stereocenters. The Morgan fingerprint density at radius 2 is 1.71 bits per heavy atom. The first-order valence-corrected chi connectivity index (χ1v) is 12.1. The van der Waals surface area contributed by atoms with Gasteiger partial charge in [0, 0.05) is 36.6 Å². The first kappa shape index (κ1) is 26.8. The van der Waals surface area contributed by atoms with Crippen molar-refractivity contribution >= 4 is 51.7 Å². The molecule has 0 spiro atoms. The third-order valence-corrected chi connectivity index (χ3v) is 6.73. The lowest BCUT2D eigenvalue weighted by atomic mass is 10.00. The molecular formula is C27H21Cl2N3O6. The van der Waals surface area contributed by atoms with Crippen LogP contribution in [0.3, 0.4) is 0 Å². The quantitative estimate of drug-likeness (QED) is 0.196. The van der Waals surface area contributed by atoms with Gasteiger partial charge >= 0.3 is 5.97 Å². The van der Waals surface area contributed by atoms with E-state index in [0.717, 1.165) is 0 Å². The van der Waals surface area contributed by atoms with Crippen LogP contribution < -0.4 is 10.9 Å². The van der Waals surface area contributed by atoms with Crippen LogP contribution >= 0.6 is 23.2 Å². The van der Waals surface area contributed by atoms with Gasteiger partial charge in [-0.25, -0.2) is 4.79 Å². The Labute approximate surface area is 226 Å². The van der Waals surface area contributed by atoms with E-state index in [1.165, 1.54) is 35.9 Å². The highest BCUT2D eigenvalue weighted by molar-refractivity contribution is 6.39. The molecule has 3 aromatic carbocycles. The van der Waals surface area contributed by atoms with E-state index in [2.05, 4.69) is 5.32 Å². The zero-order chi connectivity index (χ0) is 27.6. The molecule has 1 atom stereocenters. The third-order valence-electron chi connectivity index (χ3n) is 6.10. The Bertz CT molecular complexity index is 1610. The highest BCUT2D eigenvalue weighted by Gasteiger charge is 2.25. The van der Waals surface area contributed by atoms with Gasteiger partial charge in [0.25, 0.3) is 17.2 Å². The number of aromatic nitrogens is 1. The Kier molecular flexibility index (Phi) is 7.80. The predicted octanol–water partition coefficient (Wildman–Crippen LogP) is 4.93. The fourth-order valence-electron chi connectivity index (χ4n) is 4.13. The number of pyridine rings is 1. The van der Waals surface area contributed by atoms with Gasteiger partial charge in [0.1, 0.15) is 6.04 Å². The van der Waals surface area contributed by atoms with E-state index in [0.29, 0.717) is 27.6 Å². The molecule has 0 aliphatic rings. The summed E-state index contributed by atoms with van der Waals surface area (Å²) in [6.07, 6.45) is 0.0999. The topological polar surface area (TPSA) is 121 Å². The third kappa shape index (κ3) is 5.39. The van der Waals surface area contributed by atoms with Gasteiger partial charge in [0.2, 0.25) is 0 Å². The van der Waals surface area contributed by atoms with E-state index in [4.69, 9.17) is 27.9 Å². The Morgan fingerprint density at radius 1 is 1.05 bits per heavy atom. The monoisotopic (exact) mass is 553 g/mol. The molecule has 4 rings (SSSR count). The van der Waals surface area contributed by atoms with Crippen molar-refractivity contribution in [2.45, 2.75) is 12.5 Å². The number of carbonyl (C=O) groups excluding carboxylic acids is 2. The van der Waals surface area contributed by atoms with Crippen LogP contribution in [-0.2, 0) is 23.0 Å². The molecule has 1 N–H and O–H groups in total. The first-order chi connectivity index (χ1) is 18.1. The summed E-state index contributed by atoms with van der Waals surface area (Å²) >= 11 is 12.2. The van der Waals surface area contributed by atoms with Crippen molar-refractivity contribution in [2.75, 3.05) is 7.11 Å². The molecule has 194 valence electrons. The summed E-state index contributed by atoms with van der Waals surface area (Å²) in [5, 5.41) is 14.6. The van der Waals surface area contributed by atoms with Gasteiger partial charge in [0.15, 0.2) is 0 Å². The average Bonchev–Trinajstić information content (AvgIpc) is 2.90. The minimum Gasteiger partial charge on any atom is -0.467 e. The molecule has 0 bridgehead atoms. The number of nitrogens with one attached hydrogen (secondary N) is 1. The second kappa shape index (κ2) is 11.0. The van der Waals surface area contributed by atoms with Crippen LogP contribution in [0.4, 0.5) is 5.69 Å². The van der Waals surface area contributed by atoms with Crippen molar-refractivity contribution in [1.29, 1.82) is 0 Å². The number of halogens is 2. The molecule has 0 aliphatic carbocycles. The van der Waals surface area contributed by atoms with Gasteiger partial charge in [-0.05, 0) is 35.4 Å².